The molecule has 0 fully saturated rings. The molecule has 0 spiro atoms. The van der Waals surface area contributed by atoms with E-state index in [1.54, 1.807) is 0 Å². The molecule has 5 nitrogen and oxygen atoms in total. The fourth-order valence-electron chi connectivity index (χ4n) is 2.86. The molecule has 0 saturated carbocycles. The summed E-state index contributed by atoms with van der Waals surface area (Å²) >= 11 is 0. The molecule has 2 aromatic carbocycles. The Labute approximate surface area is 145 Å². The smallest absolute Gasteiger partial charge is 0.132 e. The summed E-state index contributed by atoms with van der Waals surface area (Å²) in [5, 5.41) is 22.4. The van der Waals surface area contributed by atoms with Crippen LogP contribution < -0.4 is 5.32 Å². The zero-order valence-electron chi connectivity index (χ0n) is 13.9. The van der Waals surface area contributed by atoms with Gasteiger partial charge in [-0.25, -0.2) is 9.37 Å². The molecule has 0 aliphatic heterocycles. The van der Waals surface area contributed by atoms with E-state index in [9.17, 15) is 14.6 Å². The molecule has 0 aliphatic rings. The Bertz CT molecular complexity index is 834. The zero-order valence-corrected chi connectivity index (χ0v) is 13.9. The van der Waals surface area contributed by atoms with Gasteiger partial charge in [-0.3, -0.25) is 0 Å². The molecule has 1 aromatic heterocycles. The van der Waals surface area contributed by atoms with Gasteiger partial charge in [-0.2, -0.15) is 0 Å². The minimum Gasteiger partial charge on any atom is -0.508 e. The number of hydrogen-bond donors (Lipinski definition) is 3. The van der Waals surface area contributed by atoms with E-state index in [2.05, 4.69) is 20.9 Å². The molecule has 1 heterocycles. The number of phenols is 1. The van der Waals surface area contributed by atoms with Crippen LogP contribution >= 0.6 is 0 Å². The molecule has 3 aromatic rings. The van der Waals surface area contributed by atoms with Crippen molar-refractivity contribution in [1.82, 2.24) is 14.9 Å². The number of halogens is 1. The number of aryl methyl sites for hydroxylation is 1. The molecular weight excluding hydrogens is 321 g/mol. The van der Waals surface area contributed by atoms with Gasteiger partial charge in [0.2, 0.25) is 0 Å². The van der Waals surface area contributed by atoms with Crippen LogP contribution in [0.3, 0.4) is 0 Å². The van der Waals surface area contributed by atoms with Gasteiger partial charge in [-0.1, -0.05) is 12.1 Å². The second-order valence-corrected chi connectivity index (χ2v) is 6.06. The van der Waals surface area contributed by atoms with E-state index in [1.807, 2.05) is 24.5 Å². The van der Waals surface area contributed by atoms with Crippen molar-refractivity contribution in [2.45, 2.75) is 25.5 Å². The third-order valence-corrected chi connectivity index (χ3v) is 4.21. The number of aromatic nitrogens is 2. The predicted octanol–water partition coefficient (Wildman–Crippen LogP) is 2.98. The van der Waals surface area contributed by atoms with Crippen molar-refractivity contribution in [2.75, 3.05) is 13.1 Å². The third kappa shape index (κ3) is 4.35. The number of para-hydroxylation sites is 2. The number of aliphatic hydroxyl groups excluding tert-OH is 1. The largest absolute Gasteiger partial charge is 0.508 e. The van der Waals surface area contributed by atoms with E-state index in [-0.39, 0.29) is 17.9 Å². The Kier molecular flexibility index (Phi) is 5.63. The summed E-state index contributed by atoms with van der Waals surface area (Å²) in [5.74, 6) is -0.741. The highest BCUT2D eigenvalue weighted by Crippen LogP contribution is 2.20. The van der Waals surface area contributed by atoms with Crippen molar-refractivity contribution in [2.24, 2.45) is 0 Å². The lowest BCUT2D eigenvalue weighted by Gasteiger charge is -2.13. The molecule has 6 heteroatoms. The molecule has 0 bridgehead atoms. The Morgan fingerprint density at radius 3 is 2.84 bits per heavy atom. The molecule has 25 heavy (non-hydrogen) atoms. The van der Waals surface area contributed by atoms with Crippen LogP contribution in [0.25, 0.3) is 11.0 Å². The quantitative estimate of drug-likeness (QED) is 0.550. The summed E-state index contributed by atoms with van der Waals surface area (Å²) in [6.07, 6.45) is 2.85. The number of fused-ring (bicyclic) bond motifs is 1. The summed E-state index contributed by atoms with van der Waals surface area (Å²) in [7, 11) is 0. The summed E-state index contributed by atoms with van der Waals surface area (Å²) in [4.78, 5) is 4.37. The van der Waals surface area contributed by atoms with E-state index in [0.717, 1.165) is 43.0 Å². The van der Waals surface area contributed by atoms with Gasteiger partial charge >= 0.3 is 0 Å². The standard InChI is InChI=1S/C19H22FN3O2/c20-16-11-14(24)7-8-15(16)19(25)12-21-9-3-4-10-23-13-22-17-5-1-2-6-18(17)23/h1-2,5-8,11,13,19,21,24-25H,3-4,9-10,12H2. The molecule has 132 valence electrons. The van der Waals surface area contributed by atoms with Crippen molar-refractivity contribution >= 4 is 11.0 Å². The Balaban J connectivity index is 1.39. The number of nitrogens with zero attached hydrogens (tertiary/aromatic N) is 2. The number of rotatable bonds is 8. The lowest BCUT2D eigenvalue weighted by atomic mass is 10.1. The maximum atomic E-state index is 13.7. The maximum Gasteiger partial charge on any atom is 0.132 e. The number of aliphatic hydroxyl groups is 1. The highest BCUT2D eigenvalue weighted by Gasteiger charge is 2.12. The lowest BCUT2D eigenvalue weighted by Crippen LogP contribution is -2.23. The van der Waals surface area contributed by atoms with Crippen LogP contribution in [0.15, 0.2) is 48.8 Å². The van der Waals surface area contributed by atoms with Gasteiger partial charge in [0.1, 0.15) is 11.6 Å². The normalized spacial score (nSPS) is 12.6. The zero-order chi connectivity index (χ0) is 17.6. The summed E-state index contributed by atoms with van der Waals surface area (Å²) < 4.78 is 15.8. The van der Waals surface area contributed by atoms with Gasteiger partial charge in [0.25, 0.3) is 0 Å². The minimum absolute atomic E-state index is 0.145. The maximum absolute atomic E-state index is 13.7. The number of aromatic hydroxyl groups is 1. The molecule has 0 aliphatic carbocycles. The first-order valence-electron chi connectivity index (χ1n) is 8.42. The molecular formula is C19H22FN3O2. The summed E-state index contributed by atoms with van der Waals surface area (Å²) in [5.41, 5.74) is 2.32. The molecule has 0 saturated heterocycles. The predicted molar refractivity (Wildman–Crippen MR) is 94.9 cm³/mol. The van der Waals surface area contributed by atoms with Gasteiger partial charge in [-0.05, 0) is 43.7 Å². The highest BCUT2D eigenvalue weighted by molar-refractivity contribution is 5.74. The van der Waals surface area contributed by atoms with Crippen molar-refractivity contribution in [3.63, 3.8) is 0 Å². The number of imidazole rings is 1. The van der Waals surface area contributed by atoms with Gasteiger partial charge in [0, 0.05) is 24.7 Å². The Morgan fingerprint density at radius 1 is 1.16 bits per heavy atom. The number of phenolic OH excluding ortho intramolecular Hbond substituents is 1. The van der Waals surface area contributed by atoms with Crippen molar-refractivity contribution in [3.05, 3.63) is 60.2 Å². The van der Waals surface area contributed by atoms with E-state index < -0.39 is 11.9 Å². The first kappa shape index (κ1) is 17.4. The fourth-order valence-corrected chi connectivity index (χ4v) is 2.86. The van der Waals surface area contributed by atoms with Gasteiger partial charge in [0.05, 0.1) is 23.5 Å². The van der Waals surface area contributed by atoms with Crippen LogP contribution in [0.1, 0.15) is 24.5 Å². The summed E-state index contributed by atoms with van der Waals surface area (Å²) in [6, 6.07) is 11.8. The van der Waals surface area contributed by atoms with E-state index in [4.69, 9.17) is 0 Å². The summed E-state index contributed by atoms with van der Waals surface area (Å²) in [6.45, 7) is 1.90. The van der Waals surface area contributed by atoms with Crippen LogP contribution in [0.4, 0.5) is 4.39 Å². The molecule has 0 radical (unpaired) electrons. The van der Waals surface area contributed by atoms with E-state index >= 15 is 0 Å². The fraction of sp³-hybridized carbons (Fsp3) is 0.316. The van der Waals surface area contributed by atoms with E-state index in [0.29, 0.717) is 0 Å². The van der Waals surface area contributed by atoms with Crippen molar-refractivity contribution < 1.29 is 14.6 Å². The topological polar surface area (TPSA) is 70.3 Å². The number of hydrogen-bond acceptors (Lipinski definition) is 4. The van der Waals surface area contributed by atoms with Crippen LogP contribution in [0.5, 0.6) is 5.75 Å². The first-order valence-corrected chi connectivity index (χ1v) is 8.42. The van der Waals surface area contributed by atoms with Crippen molar-refractivity contribution in [3.8, 4) is 5.75 Å². The van der Waals surface area contributed by atoms with Crippen LogP contribution in [-0.4, -0.2) is 32.9 Å². The van der Waals surface area contributed by atoms with Crippen LogP contribution in [0, 0.1) is 5.82 Å². The van der Waals surface area contributed by atoms with Gasteiger partial charge in [0.15, 0.2) is 0 Å². The van der Waals surface area contributed by atoms with Crippen LogP contribution in [-0.2, 0) is 6.54 Å². The van der Waals surface area contributed by atoms with E-state index in [1.165, 1.54) is 12.1 Å². The average molecular weight is 343 g/mol. The molecule has 1 atom stereocenters. The number of unbranched alkanes of at least 4 members (excludes halogenated alkanes) is 1. The monoisotopic (exact) mass is 343 g/mol. The highest BCUT2D eigenvalue weighted by atomic mass is 19.1. The molecule has 3 rings (SSSR count). The molecule has 3 N–H and O–H groups in total. The Morgan fingerprint density at radius 2 is 2.00 bits per heavy atom. The second kappa shape index (κ2) is 8.09. The number of benzene rings is 2. The Hall–Kier alpha value is -2.44. The average Bonchev–Trinajstić information content (AvgIpc) is 3.01. The van der Waals surface area contributed by atoms with Gasteiger partial charge in [-0.15, -0.1) is 0 Å². The lowest BCUT2D eigenvalue weighted by molar-refractivity contribution is 0.170. The van der Waals surface area contributed by atoms with Crippen molar-refractivity contribution in [1.29, 1.82) is 0 Å². The minimum atomic E-state index is -0.932. The first-order chi connectivity index (χ1) is 12.1. The number of nitrogens with one attached hydrogen (secondary N) is 1. The van der Waals surface area contributed by atoms with Gasteiger partial charge < -0.3 is 20.1 Å². The second-order valence-electron chi connectivity index (χ2n) is 6.06. The molecule has 1 unspecified atom stereocenters. The SMILES string of the molecule is Oc1ccc(C(O)CNCCCCn2cnc3ccccc32)c(F)c1. The van der Waals surface area contributed by atoms with Crippen LogP contribution in [0.2, 0.25) is 0 Å². The molecule has 0 amide bonds. The third-order valence-electron chi connectivity index (χ3n) is 4.21.